The molecule has 0 radical (unpaired) electrons. The largest absolute Gasteiger partial charge is 0.357 e. The Balaban J connectivity index is 3.56. The van der Waals surface area contributed by atoms with Crippen molar-refractivity contribution in [3.05, 3.63) is 0 Å². The molecule has 4 nitrogen and oxygen atoms in total. The Labute approximate surface area is 126 Å². The summed E-state index contributed by atoms with van der Waals surface area (Å²) < 4.78 is 0. The highest BCUT2D eigenvalue weighted by molar-refractivity contribution is 5.79. The summed E-state index contributed by atoms with van der Waals surface area (Å²) in [5.74, 6) is 0.980. The second-order valence-corrected chi connectivity index (χ2v) is 5.61. The van der Waals surface area contributed by atoms with Crippen molar-refractivity contribution in [3.8, 4) is 0 Å². The van der Waals surface area contributed by atoms with Gasteiger partial charge in [0.25, 0.3) is 0 Å². The van der Waals surface area contributed by atoms with Crippen LogP contribution < -0.4 is 10.6 Å². The standard InChI is InChI=1S/C16H36N4/c1-5-7-13-18-16(17-6-2)19-14-11-9-8-10-12-15-20(3)4/h5-15H2,1-4H3,(H2,17,18,19). The quantitative estimate of drug-likeness (QED) is 0.329. The van der Waals surface area contributed by atoms with E-state index < -0.39 is 0 Å². The van der Waals surface area contributed by atoms with E-state index in [2.05, 4.69) is 48.5 Å². The molecule has 0 amide bonds. The van der Waals surface area contributed by atoms with Gasteiger partial charge in [0.2, 0.25) is 0 Å². The Kier molecular flexibility index (Phi) is 14.1. The van der Waals surface area contributed by atoms with Gasteiger partial charge >= 0.3 is 0 Å². The van der Waals surface area contributed by atoms with Gasteiger partial charge in [0.15, 0.2) is 5.96 Å². The molecular formula is C16H36N4. The molecule has 0 aromatic rings. The molecule has 0 aliphatic rings. The summed E-state index contributed by atoms with van der Waals surface area (Å²) in [6, 6.07) is 0. The van der Waals surface area contributed by atoms with Crippen molar-refractivity contribution >= 4 is 5.96 Å². The second kappa shape index (κ2) is 14.6. The molecule has 0 aliphatic carbocycles. The van der Waals surface area contributed by atoms with E-state index in [1.807, 2.05) is 0 Å². The van der Waals surface area contributed by atoms with Crippen LogP contribution in [0.4, 0.5) is 0 Å². The fourth-order valence-electron chi connectivity index (χ4n) is 1.99. The Hall–Kier alpha value is -0.770. The first-order chi connectivity index (χ1) is 9.70. The zero-order valence-corrected chi connectivity index (χ0v) is 14.2. The fraction of sp³-hybridized carbons (Fsp3) is 0.938. The van der Waals surface area contributed by atoms with Crippen LogP contribution >= 0.6 is 0 Å². The molecule has 4 heteroatoms. The van der Waals surface area contributed by atoms with E-state index in [1.54, 1.807) is 0 Å². The average Bonchev–Trinajstić information content (AvgIpc) is 2.41. The molecule has 0 fully saturated rings. The van der Waals surface area contributed by atoms with E-state index in [9.17, 15) is 0 Å². The summed E-state index contributed by atoms with van der Waals surface area (Å²) in [5.41, 5.74) is 0. The van der Waals surface area contributed by atoms with Gasteiger partial charge in [-0.1, -0.05) is 32.6 Å². The first-order valence-electron chi connectivity index (χ1n) is 8.37. The number of aliphatic imine (C=N–C) groups is 1. The third kappa shape index (κ3) is 13.7. The summed E-state index contributed by atoms with van der Waals surface area (Å²) in [5, 5.41) is 6.68. The maximum atomic E-state index is 4.62. The molecule has 0 heterocycles. The zero-order chi connectivity index (χ0) is 15.1. The molecule has 20 heavy (non-hydrogen) atoms. The van der Waals surface area contributed by atoms with Crippen LogP contribution in [-0.2, 0) is 0 Å². The van der Waals surface area contributed by atoms with E-state index in [1.165, 1.54) is 51.5 Å². The number of rotatable bonds is 12. The second-order valence-electron chi connectivity index (χ2n) is 5.61. The molecular weight excluding hydrogens is 248 g/mol. The lowest BCUT2D eigenvalue weighted by atomic mass is 10.1. The molecule has 0 unspecified atom stereocenters. The van der Waals surface area contributed by atoms with Crippen molar-refractivity contribution in [1.82, 2.24) is 15.5 Å². The molecule has 2 N–H and O–H groups in total. The Morgan fingerprint density at radius 1 is 0.900 bits per heavy atom. The molecule has 0 saturated heterocycles. The normalized spacial score (nSPS) is 11.9. The molecule has 0 rings (SSSR count). The van der Waals surface area contributed by atoms with Gasteiger partial charge in [-0.3, -0.25) is 4.99 Å². The monoisotopic (exact) mass is 284 g/mol. The summed E-state index contributed by atoms with van der Waals surface area (Å²) >= 11 is 0. The van der Waals surface area contributed by atoms with Crippen LogP contribution in [0.25, 0.3) is 0 Å². The summed E-state index contributed by atoms with van der Waals surface area (Å²) in [6.07, 6.45) is 8.92. The number of unbranched alkanes of at least 4 members (excludes halogenated alkanes) is 5. The molecule has 0 aromatic carbocycles. The van der Waals surface area contributed by atoms with Crippen molar-refractivity contribution in [2.45, 2.75) is 58.8 Å². The van der Waals surface area contributed by atoms with E-state index in [0.29, 0.717) is 0 Å². The van der Waals surface area contributed by atoms with Crippen molar-refractivity contribution in [2.75, 3.05) is 40.3 Å². The predicted octanol–water partition coefficient (Wildman–Crippen LogP) is 2.85. The summed E-state index contributed by atoms with van der Waals surface area (Å²) in [4.78, 5) is 6.88. The lowest BCUT2D eigenvalue weighted by molar-refractivity contribution is 0.390. The maximum Gasteiger partial charge on any atom is 0.191 e. The summed E-state index contributed by atoms with van der Waals surface area (Å²) in [7, 11) is 4.28. The Morgan fingerprint density at radius 2 is 1.60 bits per heavy atom. The Morgan fingerprint density at radius 3 is 2.25 bits per heavy atom. The topological polar surface area (TPSA) is 39.7 Å². The molecule has 0 spiro atoms. The van der Waals surface area contributed by atoms with E-state index in [0.717, 1.165) is 25.6 Å². The minimum Gasteiger partial charge on any atom is -0.357 e. The average molecular weight is 284 g/mol. The van der Waals surface area contributed by atoms with Crippen molar-refractivity contribution in [1.29, 1.82) is 0 Å². The Bertz CT molecular complexity index is 227. The number of hydrogen-bond acceptors (Lipinski definition) is 2. The first kappa shape index (κ1) is 19.2. The third-order valence-electron chi connectivity index (χ3n) is 3.20. The zero-order valence-electron chi connectivity index (χ0n) is 14.2. The number of nitrogens with one attached hydrogen (secondary N) is 2. The molecule has 0 aliphatic heterocycles. The summed E-state index contributed by atoms with van der Waals surface area (Å²) in [6.45, 7) is 8.43. The number of nitrogens with zero attached hydrogens (tertiary/aromatic N) is 2. The highest BCUT2D eigenvalue weighted by atomic mass is 15.2. The van der Waals surface area contributed by atoms with Crippen LogP contribution in [0.1, 0.15) is 58.8 Å². The maximum absolute atomic E-state index is 4.62. The van der Waals surface area contributed by atoms with Crippen LogP contribution in [-0.4, -0.2) is 51.1 Å². The SMILES string of the molecule is CCCCNC(=NCCCCCCCN(C)C)NCC. The van der Waals surface area contributed by atoms with Gasteiger partial charge in [-0.15, -0.1) is 0 Å². The van der Waals surface area contributed by atoms with Crippen LogP contribution in [0.2, 0.25) is 0 Å². The highest BCUT2D eigenvalue weighted by Crippen LogP contribution is 2.03. The molecule has 0 bridgehead atoms. The van der Waals surface area contributed by atoms with Gasteiger partial charge in [-0.05, 0) is 46.8 Å². The lowest BCUT2D eigenvalue weighted by Gasteiger charge is -2.10. The molecule has 0 atom stereocenters. The minimum absolute atomic E-state index is 0.933. The van der Waals surface area contributed by atoms with Gasteiger partial charge in [0.1, 0.15) is 0 Å². The number of guanidine groups is 1. The van der Waals surface area contributed by atoms with Gasteiger partial charge in [0.05, 0.1) is 0 Å². The minimum atomic E-state index is 0.933. The lowest BCUT2D eigenvalue weighted by Crippen LogP contribution is -2.37. The van der Waals surface area contributed by atoms with Gasteiger partial charge in [-0.2, -0.15) is 0 Å². The van der Waals surface area contributed by atoms with Crippen LogP contribution in [0, 0.1) is 0 Å². The molecule has 120 valence electrons. The van der Waals surface area contributed by atoms with Crippen molar-refractivity contribution in [2.24, 2.45) is 4.99 Å². The highest BCUT2D eigenvalue weighted by Gasteiger charge is 1.96. The van der Waals surface area contributed by atoms with Crippen molar-refractivity contribution < 1.29 is 0 Å². The number of hydrogen-bond donors (Lipinski definition) is 2. The molecule has 0 saturated carbocycles. The molecule has 0 aromatic heterocycles. The van der Waals surface area contributed by atoms with Crippen LogP contribution in [0.5, 0.6) is 0 Å². The predicted molar refractivity (Wildman–Crippen MR) is 90.5 cm³/mol. The van der Waals surface area contributed by atoms with Gasteiger partial charge in [-0.25, -0.2) is 0 Å². The van der Waals surface area contributed by atoms with E-state index in [4.69, 9.17) is 0 Å². The van der Waals surface area contributed by atoms with Crippen molar-refractivity contribution in [3.63, 3.8) is 0 Å². The third-order valence-corrected chi connectivity index (χ3v) is 3.20. The van der Waals surface area contributed by atoms with E-state index in [-0.39, 0.29) is 0 Å². The first-order valence-corrected chi connectivity index (χ1v) is 8.37. The van der Waals surface area contributed by atoms with Gasteiger partial charge in [0, 0.05) is 19.6 Å². The fourth-order valence-corrected chi connectivity index (χ4v) is 1.99. The van der Waals surface area contributed by atoms with E-state index >= 15 is 0 Å². The van der Waals surface area contributed by atoms with Gasteiger partial charge < -0.3 is 15.5 Å². The van der Waals surface area contributed by atoms with Crippen LogP contribution in [0.3, 0.4) is 0 Å². The van der Waals surface area contributed by atoms with Crippen LogP contribution in [0.15, 0.2) is 4.99 Å². The smallest absolute Gasteiger partial charge is 0.191 e.